The highest BCUT2D eigenvalue weighted by atomic mass is 16.5. The summed E-state index contributed by atoms with van der Waals surface area (Å²) in [5.41, 5.74) is 1.02. The van der Waals surface area contributed by atoms with Crippen molar-refractivity contribution < 1.29 is 9.26 Å². The standard InChI is InChI=1S/C18H25N5O2/c1-4-12-24-16-9-7-6-8-15(16)13-21-18(19-5-2)20-11-10-17-22-14(3)23-25-17/h4,6-9H,1,5,10-13H2,2-3H3,(H2,19,20,21). The molecule has 0 saturated heterocycles. The SMILES string of the molecule is C=CCOc1ccccc1CN=C(NCC)NCCc1nc(C)no1. The molecule has 7 nitrogen and oxygen atoms in total. The molecule has 2 rings (SSSR count). The molecule has 1 heterocycles. The number of hydrogen-bond donors (Lipinski definition) is 2. The number of aliphatic imine (C=N–C) groups is 1. The van der Waals surface area contributed by atoms with Gasteiger partial charge < -0.3 is 19.9 Å². The van der Waals surface area contributed by atoms with Gasteiger partial charge in [-0.15, -0.1) is 0 Å². The molecule has 0 aliphatic heterocycles. The van der Waals surface area contributed by atoms with Crippen molar-refractivity contribution in [1.82, 2.24) is 20.8 Å². The van der Waals surface area contributed by atoms with Crippen molar-refractivity contribution in [1.29, 1.82) is 0 Å². The first-order valence-corrected chi connectivity index (χ1v) is 8.36. The van der Waals surface area contributed by atoms with Gasteiger partial charge in [0.25, 0.3) is 0 Å². The number of hydrogen-bond acceptors (Lipinski definition) is 5. The second-order valence-corrected chi connectivity index (χ2v) is 5.31. The number of nitrogens with zero attached hydrogens (tertiary/aromatic N) is 3. The van der Waals surface area contributed by atoms with Gasteiger partial charge in [0.15, 0.2) is 11.8 Å². The summed E-state index contributed by atoms with van der Waals surface area (Å²) in [7, 11) is 0. The largest absolute Gasteiger partial charge is 0.489 e. The minimum atomic E-state index is 0.475. The summed E-state index contributed by atoms with van der Waals surface area (Å²) in [5.74, 6) is 2.82. The first kappa shape index (κ1) is 18.5. The van der Waals surface area contributed by atoms with Crippen LogP contribution in [-0.2, 0) is 13.0 Å². The maximum atomic E-state index is 5.66. The van der Waals surface area contributed by atoms with Crippen LogP contribution in [0.2, 0.25) is 0 Å². The number of benzene rings is 1. The number of para-hydroxylation sites is 1. The van der Waals surface area contributed by atoms with Crippen molar-refractivity contribution in [3.63, 3.8) is 0 Å². The summed E-state index contributed by atoms with van der Waals surface area (Å²) in [5, 5.41) is 10.3. The molecule has 1 aromatic carbocycles. The lowest BCUT2D eigenvalue weighted by Gasteiger charge is -2.12. The van der Waals surface area contributed by atoms with Crippen LogP contribution in [0.4, 0.5) is 0 Å². The summed E-state index contributed by atoms with van der Waals surface area (Å²) in [6, 6.07) is 7.87. The lowest BCUT2D eigenvalue weighted by molar-refractivity contribution is 0.359. The maximum absolute atomic E-state index is 5.66. The minimum absolute atomic E-state index is 0.475. The molecule has 1 aromatic heterocycles. The van der Waals surface area contributed by atoms with E-state index in [0.717, 1.165) is 23.8 Å². The summed E-state index contributed by atoms with van der Waals surface area (Å²) in [4.78, 5) is 8.80. The van der Waals surface area contributed by atoms with Gasteiger partial charge in [0.05, 0.1) is 6.54 Å². The van der Waals surface area contributed by atoms with E-state index in [4.69, 9.17) is 9.26 Å². The topological polar surface area (TPSA) is 84.6 Å². The summed E-state index contributed by atoms with van der Waals surface area (Å²) >= 11 is 0. The third-order valence-corrected chi connectivity index (χ3v) is 3.28. The van der Waals surface area contributed by atoms with Gasteiger partial charge in [0.1, 0.15) is 12.4 Å². The predicted octanol–water partition coefficient (Wildman–Crippen LogP) is 2.24. The molecule has 7 heteroatoms. The third kappa shape index (κ3) is 6.29. The molecule has 0 aliphatic carbocycles. The summed E-state index contributed by atoms with van der Waals surface area (Å²) in [6.45, 7) is 9.93. The number of ether oxygens (including phenoxy) is 1. The minimum Gasteiger partial charge on any atom is -0.489 e. The third-order valence-electron chi connectivity index (χ3n) is 3.28. The van der Waals surface area contributed by atoms with Crippen LogP contribution >= 0.6 is 0 Å². The van der Waals surface area contributed by atoms with Crippen molar-refractivity contribution in [2.45, 2.75) is 26.8 Å². The van der Waals surface area contributed by atoms with E-state index >= 15 is 0 Å². The lowest BCUT2D eigenvalue weighted by Crippen LogP contribution is -2.38. The Labute approximate surface area is 148 Å². The molecule has 0 saturated carbocycles. The highest BCUT2D eigenvalue weighted by Crippen LogP contribution is 2.18. The van der Waals surface area contributed by atoms with E-state index in [-0.39, 0.29) is 0 Å². The Bertz CT molecular complexity index is 696. The number of guanidine groups is 1. The normalized spacial score (nSPS) is 11.2. The monoisotopic (exact) mass is 343 g/mol. The molecular formula is C18H25N5O2. The molecule has 0 amide bonds. The van der Waals surface area contributed by atoms with Crippen molar-refractivity contribution in [3.05, 3.63) is 54.2 Å². The van der Waals surface area contributed by atoms with E-state index in [1.165, 1.54) is 0 Å². The van der Waals surface area contributed by atoms with Crippen LogP contribution in [0, 0.1) is 6.92 Å². The number of aryl methyl sites for hydroxylation is 1. The Kier molecular flexibility index (Phi) is 7.49. The summed E-state index contributed by atoms with van der Waals surface area (Å²) in [6.07, 6.45) is 2.37. The Morgan fingerprint density at radius 2 is 2.20 bits per heavy atom. The van der Waals surface area contributed by atoms with Crippen LogP contribution in [-0.4, -0.2) is 35.8 Å². The smallest absolute Gasteiger partial charge is 0.228 e. The van der Waals surface area contributed by atoms with Gasteiger partial charge in [-0.05, 0) is 19.9 Å². The first-order valence-electron chi connectivity index (χ1n) is 8.36. The van der Waals surface area contributed by atoms with E-state index in [9.17, 15) is 0 Å². The zero-order valence-corrected chi connectivity index (χ0v) is 14.8. The first-order chi connectivity index (χ1) is 12.2. The fraction of sp³-hybridized carbons (Fsp3) is 0.389. The van der Waals surface area contributed by atoms with E-state index in [1.54, 1.807) is 13.0 Å². The second kappa shape index (κ2) is 10.1. The molecule has 134 valence electrons. The zero-order chi connectivity index (χ0) is 17.9. The van der Waals surface area contributed by atoms with Gasteiger partial charge in [0.2, 0.25) is 5.89 Å². The molecule has 0 unspecified atom stereocenters. The quantitative estimate of drug-likeness (QED) is 0.413. The number of nitrogens with one attached hydrogen (secondary N) is 2. The predicted molar refractivity (Wildman–Crippen MR) is 97.7 cm³/mol. The Balaban J connectivity index is 1.93. The van der Waals surface area contributed by atoms with Crippen molar-refractivity contribution >= 4 is 5.96 Å². The van der Waals surface area contributed by atoms with E-state index in [2.05, 4.69) is 32.3 Å². The van der Waals surface area contributed by atoms with Gasteiger partial charge >= 0.3 is 0 Å². The van der Waals surface area contributed by atoms with Crippen molar-refractivity contribution in [3.8, 4) is 5.75 Å². The summed E-state index contributed by atoms with van der Waals surface area (Å²) < 4.78 is 10.8. The van der Waals surface area contributed by atoms with Crippen molar-refractivity contribution in [2.75, 3.05) is 19.7 Å². The second-order valence-electron chi connectivity index (χ2n) is 5.31. The Hall–Kier alpha value is -2.83. The zero-order valence-electron chi connectivity index (χ0n) is 14.8. The molecule has 2 N–H and O–H groups in total. The molecule has 2 aromatic rings. The highest BCUT2D eigenvalue weighted by molar-refractivity contribution is 5.79. The number of rotatable bonds is 9. The van der Waals surface area contributed by atoms with Crippen LogP contribution in [0.1, 0.15) is 24.2 Å². The fourth-order valence-electron chi connectivity index (χ4n) is 2.16. The average molecular weight is 343 g/mol. The molecule has 0 radical (unpaired) electrons. The van der Waals surface area contributed by atoms with Gasteiger partial charge in [-0.2, -0.15) is 4.98 Å². The van der Waals surface area contributed by atoms with Gasteiger partial charge in [0, 0.05) is 25.1 Å². The number of aromatic nitrogens is 2. The van der Waals surface area contributed by atoms with Gasteiger partial charge in [-0.1, -0.05) is 36.0 Å². The van der Waals surface area contributed by atoms with Gasteiger partial charge in [-0.25, -0.2) is 4.99 Å². The maximum Gasteiger partial charge on any atom is 0.228 e. The van der Waals surface area contributed by atoms with Crippen LogP contribution < -0.4 is 15.4 Å². The molecule has 0 aliphatic rings. The van der Waals surface area contributed by atoms with E-state index in [0.29, 0.717) is 37.8 Å². The molecule has 0 spiro atoms. The fourth-order valence-corrected chi connectivity index (χ4v) is 2.16. The van der Waals surface area contributed by atoms with Crippen LogP contribution in [0.5, 0.6) is 5.75 Å². The lowest BCUT2D eigenvalue weighted by atomic mass is 10.2. The molecule has 0 fully saturated rings. The van der Waals surface area contributed by atoms with Crippen molar-refractivity contribution in [2.24, 2.45) is 4.99 Å². The van der Waals surface area contributed by atoms with Gasteiger partial charge in [-0.3, -0.25) is 0 Å². The Morgan fingerprint density at radius 3 is 2.92 bits per heavy atom. The van der Waals surface area contributed by atoms with E-state index < -0.39 is 0 Å². The molecule has 0 atom stereocenters. The average Bonchev–Trinajstić information content (AvgIpc) is 3.03. The molecule has 0 bridgehead atoms. The van der Waals surface area contributed by atoms with Crippen LogP contribution in [0.15, 0.2) is 46.4 Å². The molecular weight excluding hydrogens is 318 g/mol. The van der Waals surface area contributed by atoms with E-state index in [1.807, 2.05) is 31.2 Å². The van der Waals surface area contributed by atoms with Crippen LogP contribution in [0.3, 0.4) is 0 Å². The Morgan fingerprint density at radius 1 is 1.36 bits per heavy atom. The highest BCUT2D eigenvalue weighted by Gasteiger charge is 2.05. The van der Waals surface area contributed by atoms with Crippen LogP contribution in [0.25, 0.3) is 0 Å². The molecule has 25 heavy (non-hydrogen) atoms.